The summed E-state index contributed by atoms with van der Waals surface area (Å²) >= 11 is 0. The first kappa shape index (κ1) is 9.62. The molecule has 2 rings (SSSR count). The van der Waals surface area contributed by atoms with Crippen LogP contribution in [0.3, 0.4) is 0 Å². The van der Waals surface area contributed by atoms with Crippen LogP contribution in [0.25, 0.3) is 11.0 Å². The number of fused-ring (bicyclic) bond motifs is 1. The van der Waals surface area contributed by atoms with E-state index in [0.717, 1.165) is 11.0 Å². The molecule has 0 aliphatic carbocycles. The molecule has 0 aliphatic heterocycles. The standard InChI is InChI=1S/C10H10N4O/c1-15-5-4-14-10-6-8(7-11)2-3-9(10)12-13-14/h2-3,6H,4-5H2,1H3. The Morgan fingerprint density at radius 1 is 1.53 bits per heavy atom. The number of hydrogen-bond donors (Lipinski definition) is 0. The van der Waals surface area contributed by atoms with Gasteiger partial charge in [0.15, 0.2) is 0 Å². The molecule has 0 aliphatic rings. The zero-order valence-electron chi connectivity index (χ0n) is 8.34. The van der Waals surface area contributed by atoms with Crippen molar-refractivity contribution in [3.63, 3.8) is 0 Å². The maximum Gasteiger partial charge on any atom is 0.113 e. The van der Waals surface area contributed by atoms with Crippen LogP contribution in [0.15, 0.2) is 18.2 Å². The quantitative estimate of drug-likeness (QED) is 0.743. The number of ether oxygens (including phenoxy) is 1. The highest BCUT2D eigenvalue weighted by atomic mass is 16.5. The van der Waals surface area contributed by atoms with Gasteiger partial charge in [-0.15, -0.1) is 5.10 Å². The first-order chi connectivity index (χ1) is 7.35. The lowest BCUT2D eigenvalue weighted by atomic mass is 10.2. The second-order valence-electron chi connectivity index (χ2n) is 3.12. The minimum Gasteiger partial charge on any atom is -0.383 e. The second-order valence-corrected chi connectivity index (χ2v) is 3.12. The molecule has 15 heavy (non-hydrogen) atoms. The summed E-state index contributed by atoms with van der Waals surface area (Å²) < 4.78 is 6.70. The normalized spacial score (nSPS) is 10.4. The number of methoxy groups -OCH3 is 1. The van der Waals surface area contributed by atoms with E-state index in [2.05, 4.69) is 16.4 Å². The predicted molar refractivity (Wildman–Crippen MR) is 54.1 cm³/mol. The molecule has 0 saturated carbocycles. The third-order valence-corrected chi connectivity index (χ3v) is 2.15. The smallest absolute Gasteiger partial charge is 0.113 e. The molecule has 0 saturated heterocycles. The van der Waals surface area contributed by atoms with Crippen LogP contribution in [0.1, 0.15) is 5.56 Å². The average molecular weight is 202 g/mol. The van der Waals surface area contributed by atoms with Gasteiger partial charge in [-0.3, -0.25) is 0 Å². The van der Waals surface area contributed by atoms with E-state index in [1.165, 1.54) is 0 Å². The molecule has 0 bridgehead atoms. The molecule has 1 aromatic heterocycles. The first-order valence-electron chi connectivity index (χ1n) is 4.57. The van der Waals surface area contributed by atoms with Gasteiger partial charge in [-0.2, -0.15) is 5.26 Å². The Balaban J connectivity index is 2.43. The summed E-state index contributed by atoms with van der Waals surface area (Å²) in [4.78, 5) is 0. The van der Waals surface area contributed by atoms with Crippen LogP contribution in [0, 0.1) is 11.3 Å². The zero-order valence-corrected chi connectivity index (χ0v) is 8.34. The Morgan fingerprint density at radius 2 is 2.40 bits per heavy atom. The molecule has 0 radical (unpaired) electrons. The Hall–Kier alpha value is -1.93. The maximum atomic E-state index is 8.78. The SMILES string of the molecule is COCCn1nnc2ccc(C#N)cc21. The van der Waals surface area contributed by atoms with E-state index in [9.17, 15) is 0 Å². The number of rotatable bonds is 3. The number of nitrogens with zero attached hydrogens (tertiary/aromatic N) is 4. The molecule has 2 aromatic rings. The van der Waals surface area contributed by atoms with Gasteiger partial charge < -0.3 is 4.74 Å². The molecular formula is C10H10N4O. The lowest BCUT2D eigenvalue weighted by Crippen LogP contribution is -2.05. The number of hydrogen-bond acceptors (Lipinski definition) is 4. The predicted octanol–water partition coefficient (Wildman–Crippen LogP) is 0.949. The van der Waals surface area contributed by atoms with Gasteiger partial charge in [0.1, 0.15) is 5.52 Å². The van der Waals surface area contributed by atoms with Gasteiger partial charge in [0, 0.05) is 7.11 Å². The summed E-state index contributed by atoms with van der Waals surface area (Å²) in [7, 11) is 1.64. The van der Waals surface area contributed by atoms with Gasteiger partial charge in [-0.1, -0.05) is 5.21 Å². The van der Waals surface area contributed by atoms with E-state index < -0.39 is 0 Å². The Labute approximate surface area is 86.9 Å². The summed E-state index contributed by atoms with van der Waals surface area (Å²) in [5.74, 6) is 0. The number of benzene rings is 1. The topological polar surface area (TPSA) is 63.7 Å². The average Bonchev–Trinajstić information content (AvgIpc) is 2.68. The van der Waals surface area contributed by atoms with Crippen molar-refractivity contribution in [2.75, 3.05) is 13.7 Å². The zero-order chi connectivity index (χ0) is 10.7. The lowest BCUT2D eigenvalue weighted by molar-refractivity contribution is 0.184. The van der Waals surface area contributed by atoms with Crippen molar-refractivity contribution in [2.45, 2.75) is 6.54 Å². The van der Waals surface area contributed by atoms with E-state index in [4.69, 9.17) is 10.00 Å². The molecule has 0 N–H and O–H groups in total. The third kappa shape index (κ3) is 1.80. The van der Waals surface area contributed by atoms with Crippen LogP contribution < -0.4 is 0 Å². The van der Waals surface area contributed by atoms with Gasteiger partial charge in [-0.25, -0.2) is 4.68 Å². The Kier molecular flexibility index (Phi) is 2.61. The molecule has 76 valence electrons. The van der Waals surface area contributed by atoms with Gasteiger partial charge in [0.05, 0.1) is 30.3 Å². The highest BCUT2D eigenvalue weighted by Gasteiger charge is 2.04. The molecule has 1 heterocycles. The highest BCUT2D eigenvalue weighted by Crippen LogP contribution is 2.12. The summed E-state index contributed by atoms with van der Waals surface area (Å²) in [5, 5.41) is 16.8. The minimum atomic E-state index is 0.579. The Bertz CT molecular complexity index is 512. The summed E-state index contributed by atoms with van der Waals surface area (Å²) in [6, 6.07) is 7.40. The number of aromatic nitrogens is 3. The molecule has 5 heteroatoms. The first-order valence-corrected chi connectivity index (χ1v) is 4.57. The molecule has 0 amide bonds. The van der Waals surface area contributed by atoms with E-state index in [1.54, 1.807) is 30.0 Å². The maximum absolute atomic E-state index is 8.78. The lowest BCUT2D eigenvalue weighted by Gasteiger charge is -2.00. The van der Waals surface area contributed by atoms with E-state index >= 15 is 0 Å². The fraction of sp³-hybridized carbons (Fsp3) is 0.300. The molecule has 0 fully saturated rings. The monoisotopic (exact) mass is 202 g/mol. The Morgan fingerprint density at radius 3 is 3.13 bits per heavy atom. The van der Waals surface area contributed by atoms with Crippen molar-refractivity contribution in [1.82, 2.24) is 15.0 Å². The fourth-order valence-electron chi connectivity index (χ4n) is 1.38. The molecule has 1 aromatic carbocycles. The van der Waals surface area contributed by atoms with E-state index in [-0.39, 0.29) is 0 Å². The third-order valence-electron chi connectivity index (χ3n) is 2.15. The van der Waals surface area contributed by atoms with Gasteiger partial charge in [0.2, 0.25) is 0 Å². The highest BCUT2D eigenvalue weighted by molar-refractivity contribution is 5.75. The van der Waals surface area contributed by atoms with E-state index in [0.29, 0.717) is 18.7 Å². The van der Waals surface area contributed by atoms with Crippen molar-refractivity contribution in [3.8, 4) is 6.07 Å². The van der Waals surface area contributed by atoms with Crippen molar-refractivity contribution >= 4 is 11.0 Å². The van der Waals surface area contributed by atoms with Crippen LogP contribution in [0.5, 0.6) is 0 Å². The van der Waals surface area contributed by atoms with Crippen molar-refractivity contribution in [1.29, 1.82) is 5.26 Å². The molecule has 0 spiro atoms. The van der Waals surface area contributed by atoms with Gasteiger partial charge in [-0.05, 0) is 18.2 Å². The van der Waals surface area contributed by atoms with Gasteiger partial charge in [0.25, 0.3) is 0 Å². The summed E-state index contributed by atoms with van der Waals surface area (Å²) in [6.07, 6.45) is 0. The van der Waals surface area contributed by atoms with Crippen LogP contribution >= 0.6 is 0 Å². The molecule has 0 atom stereocenters. The molecular weight excluding hydrogens is 192 g/mol. The van der Waals surface area contributed by atoms with Crippen molar-refractivity contribution in [3.05, 3.63) is 23.8 Å². The van der Waals surface area contributed by atoms with Crippen LogP contribution in [-0.4, -0.2) is 28.7 Å². The van der Waals surface area contributed by atoms with Crippen LogP contribution in [0.4, 0.5) is 0 Å². The van der Waals surface area contributed by atoms with Crippen LogP contribution in [0.2, 0.25) is 0 Å². The van der Waals surface area contributed by atoms with Gasteiger partial charge >= 0.3 is 0 Å². The van der Waals surface area contributed by atoms with Crippen molar-refractivity contribution < 1.29 is 4.74 Å². The second kappa shape index (κ2) is 4.07. The number of nitriles is 1. The molecule has 5 nitrogen and oxygen atoms in total. The summed E-state index contributed by atoms with van der Waals surface area (Å²) in [6.45, 7) is 1.22. The fourth-order valence-corrected chi connectivity index (χ4v) is 1.38. The summed E-state index contributed by atoms with van der Waals surface area (Å²) in [5.41, 5.74) is 2.28. The van der Waals surface area contributed by atoms with Crippen LogP contribution in [-0.2, 0) is 11.3 Å². The largest absolute Gasteiger partial charge is 0.383 e. The van der Waals surface area contributed by atoms with Crippen molar-refractivity contribution in [2.24, 2.45) is 0 Å². The molecule has 0 unspecified atom stereocenters. The van der Waals surface area contributed by atoms with E-state index in [1.807, 2.05) is 0 Å². The minimum absolute atomic E-state index is 0.579.